The maximum Gasteiger partial charge on any atom is 0.222 e. The van der Waals surface area contributed by atoms with Crippen molar-refractivity contribution in [3.63, 3.8) is 0 Å². The van der Waals surface area contributed by atoms with Gasteiger partial charge in [-0.15, -0.1) is 24.0 Å². The summed E-state index contributed by atoms with van der Waals surface area (Å²) < 4.78 is 0. The summed E-state index contributed by atoms with van der Waals surface area (Å²) in [7, 11) is 1.81. The smallest absolute Gasteiger partial charge is 0.222 e. The fourth-order valence-corrected chi connectivity index (χ4v) is 4.78. The molecule has 1 aliphatic carbocycles. The zero-order chi connectivity index (χ0) is 19.1. The van der Waals surface area contributed by atoms with Gasteiger partial charge in [0.1, 0.15) is 0 Å². The lowest BCUT2D eigenvalue weighted by Gasteiger charge is -2.29. The molecule has 3 rings (SSSR count). The second-order valence-electron chi connectivity index (χ2n) is 7.45. The van der Waals surface area contributed by atoms with Crippen LogP contribution < -0.4 is 10.6 Å². The van der Waals surface area contributed by atoms with Crippen LogP contribution in [0.15, 0.2) is 29.3 Å². The zero-order valence-corrected chi connectivity index (χ0v) is 20.1. The Labute approximate surface area is 190 Å². The van der Waals surface area contributed by atoms with Gasteiger partial charge in [0, 0.05) is 44.4 Å². The number of nitrogens with zero attached hydrogens (tertiary/aromatic N) is 2. The van der Waals surface area contributed by atoms with Crippen LogP contribution in [0.5, 0.6) is 0 Å². The molecule has 7 heteroatoms. The van der Waals surface area contributed by atoms with Crippen LogP contribution in [0.2, 0.25) is 0 Å². The minimum absolute atomic E-state index is 0. The number of carbonyl (C=O) groups excluding carboxylic acids is 1. The largest absolute Gasteiger partial charge is 0.356 e. The number of guanidine groups is 1. The number of nitrogens with one attached hydrogen (secondary N) is 2. The lowest BCUT2D eigenvalue weighted by molar-refractivity contribution is -0.132. The Morgan fingerprint density at radius 1 is 1.29 bits per heavy atom. The number of amides is 1. The van der Waals surface area contributed by atoms with E-state index in [1.807, 2.05) is 23.7 Å². The molecule has 0 bridgehead atoms. The molecule has 1 aliphatic heterocycles. The summed E-state index contributed by atoms with van der Waals surface area (Å²) >= 11 is 1.96. The Kier molecular flexibility index (Phi) is 9.91. The van der Waals surface area contributed by atoms with Crippen LogP contribution in [0.4, 0.5) is 0 Å². The first-order valence-electron chi connectivity index (χ1n) is 10.0. The predicted octanol–water partition coefficient (Wildman–Crippen LogP) is 3.42. The maximum absolute atomic E-state index is 12.5. The van der Waals surface area contributed by atoms with Crippen molar-refractivity contribution < 1.29 is 4.79 Å². The fourth-order valence-electron chi connectivity index (χ4n) is 3.99. The number of rotatable bonds is 6. The number of hydrogen-bond donors (Lipinski definition) is 2. The summed E-state index contributed by atoms with van der Waals surface area (Å²) in [5.74, 6) is 1.12. The zero-order valence-electron chi connectivity index (χ0n) is 16.9. The van der Waals surface area contributed by atoms with Crippen LogP contribution in [0.1, 0.15) is 43.2 Å². The van der Waals surface area contributed by atoms with E-state index in [0.29, 0.717) is 12.5 Å². The number of halogens is 1. The summed E-state index contributed by atoms with van der Waals surface area (Å²) in [6, 6.07) is 8.96. The highest BCUT2D eigenvalue weighted by Gasteiger charge is 2.24. The van der Waals surface area contributed by atoms with Gasteiger partial charge in [-0.2, -0.15) is 11.8 Å². The van der Waals surface area contributed by atoms with Crippen molar-refractivity contribution in [2.24, 2.45) is 4.99 Å². The van der Waals surface area contributed by atoms with Crippen LogP contribution in [0.3, 0.4) is 0 Å². The molecular weight excluding hydrogens is 483 g/mol. The molecule has 1 aromatic rings. The van der Waals surface area contributed by atoms with Gasteiger partial charge in [0.2, 0.25) is 5.91 Å². The highest BCUT2D eigenvalue weighted by atomic mass is 127. The van der Waals surface area contributed by atoms with E-state index < -0.39 is 0 Å². The van der Waals surface area contributed by atoms with Gasteiger partial charge in [0.05, 0.1) is 0 Å². The molecule has 2 atom stereocenters. The normalized spacial score (nSPS) is 21.6. The summed E-state index contributed by atoms with van der Waals surface area (Å²) in [5.41, 5.74) is 2.67. The van der Waals surface area contributed by atoms with Gasteiger partial charge in [0.15, 0.2) is 5.96 Å². The highest BCUT2D eigenvalue weighted by Crippen LogP contribution is 2.28. The van der Waals surface area contributed by atoms with E-state index in [1.165, 1.54) is 30.4 Å². The lowest BCUT2D eigenvalue weighted by atomic mass is 9.99. The summed E-state index contributed by atoms with van der Waals surface area (Å²) in [5, 5.41) is 7.66. The van der Waals surface area contributed by atoms with Gasteiger partial charge in [-0.1, -0.05) is 24.3 Å². The first-order chi connectivity index (χ1) is 13.2. The number of aliphatic imine (C=N–C) groups is 1. The quantitative estimate of drug-likeness (QED) is 0.264. The van der Waals surface area contributed by atoms with Crippen molar-refractivity contribution in [2.75, 3.05) is 26.4 Å². The molecule has 156 valence electrons. The number of hydrogen-bond acceptors (Lipinski definition) is 3. The molecule has 5 nitrogen and oxygen atoms in total. The Balaban J connectivity index is 0.00000280. The van der Waals surface area contributed by atoms with Gasteiger partial charge < -0.3 is 15.5 Å². The molecule has 28 heavy (non-hydrogen) atoms. The molecular formula is C21H33IN4OS. The molecule has 1 heterocycles. The Morgan fingerprint density at radius 3 is 2.79 bits per heavy atom. The first-order valence-corrected chi connectivity index (χ1v) is 11.3. The third-order valence-electron chi connectivity index (χ3n) is 5.63. The molecule has 0 aromatic heterocycles. The molecule has 2 N–H and O–H groups in total. The average molecular weight is 516 g/mol. The Hall–Kier alpha value is -0.960. The van der Waals surface area contributed by atoms with E-state index in [0.717, 1.165) is 43.7 Å². The van der Waals surface area contributed by atoms with Crippen molar-refractivity contribution in [2.45, 2.75) is 56.4 Å². The molecule has 0 radical (unpaired) electrons. The van der Waals surface area contributed by atoms with Gasteiger partial charge in [-0.25, -0.2) is 0 Å². The monoisotopic (exact) mass is 516 g/mol. The molecule has 0 spiro atoms. The van der Waals surface area contributed by atoms with E-state index >= 15 is 0 Å². The molecule has 1 amide bonds. The highest BCUT2D eigenvalue weighted by molar-refractivity contribution is 14.0. The Morgan fingerprint density at radius 2 is 2.07 bits per heavy atom. The number of benzene rings is 1. The minimum Gasteiger partial charge on any atom is -0.356 e. The Bertz CT molecular complexity index is 670. The lowest BCUT2D eigenvalue weighted by Crippen LogP contribution is -2.43. The third kappa shape index (κ3) is 6.54. The van der Waals surface area contributed by atoms with E-state index in [-0.39, 0.29) is 29.9 Å². The maximum atomic E-state index is 12.5. The van der Waals surface area contributed by atoms with E-state index in [2.05, 4.69) is 46.1 Å². The van der Waals surface area contributed by atoms with Crippen LogP contribution in [-0.2, 0) is 17.8 Å². The third-order valence-corrected chi connectivity index (χ3v) is 6.72. The molecule has 2 unspecified atom stereocenters. The van der Waals surface area contributed by atoms with E-state index in [1.54, 1.807) is 0 Å². The van der Waals surface area contributed by atoms with Gasteiger partial charge in [-0.3, -0.25) is 9.79 Å². The number of fused-ring (bicyclic) bond motifs is 1. The fraction of sp³-hybridized carbons (Fsp3) is 0.619. The summed E-state index contributed by atoms with van der Waals surface area (Å²) in [6.45, 7) is 2.36. The van der Waals surface area contributed by atoms with E-state index in [9.17, 15) is 4.79 Å². The SMILES string of the molecule is CN=C(NCCCC(=O)N1CCc2ccccc2C1)NC1CCC(SC)C1.I. The molecule has 2 aliphatic rings. The average Bonchev–Trinajstić information content (AvgIpc) is 3.17. The summed E-state index contributed by atoms with van der Waals surface area (Å²) in [6.07, 6.45) is 8.27. The molecule has 1 fully saturated rings. The molecule has 1 saturated carbocycles. The summed E-state index contributed by atoms with van der Waals surface area (Å²) in [4.78, 5) is 18.8. The van der Waals surface area contributed by atoms with Crippen LogP contribution >= 0.6 is 35.7 Å². The van der Waals surface area contributed by atoms with Gasteiger partial charge in [-0.05, 0) is 49.5 Å². The van der Waals surface area contributed by atoms with Gasteiger partial charge >= 0.3 is 0 Å². The van der Waals surface area contributed by atoms with Crippen molar-refractivity contribution in [3.8, 4) is 0 Å². The van der Waals surface area contributed by atoms with Crippen molar-refractivity contribution in [1.29, 1.82) is 0 Å². The number of thioether (sulfide) groups is 1. The van der Waals surface area contributed by atoms with Crippen LogP contribution in [0.25, 0.3) is 0 Å². The topological polar surface area (TPSA) is 56.7 Å². The van der Waals surface area contributed by atoms with Crippen molar-refractivity contribution >= 4 is 47.6 Å². The number of carbonyl (C=O) groups is 1. The van der Waals surface area contributed by atoms with Crippen molar-refractivity contribution in [3.05, 3.63) is 35.4 Å². The first kappa shape index (κ1) is 23.3. The molecule has 1 aromatic carbocycles. The standard InChI is InChI=1S/C21H32N4OS.HI/c1-22-21(24-18-9-10-19(14-18)27-2)23-12-5-8-20(26)25-13-11-16-6-3-4-7-17(16)15-25;/h3-4,6-7,18-19H,5,8-15H2,1-2H3,(H2,22,23,24);1H. The second-order valence-corrected chi connectivity index (χ2v) is 8.59. The van der Waals surface area contributed by atoms with E-state index in [4.69, 9.17) is 0 Å². The minimum atomic E-state index is 0. The van der Waals surface area contributed by atoms with Crippen LogP contribution in [0, 0.1) is 0 Å². The van der Waals surface area contributed by atoms with Crippen molar-refractivity contribution in [1.82, 2.24) is 15.5 Å². The predicted molar refractivity (Wildman–Crippen MR) is 130 cm³/mol. The molecule has 0 saturated heterocycles. The second kappa shape index (κ2) is 11.9. The van der Waals surface area contributed by atoms with Crippen LogP contribution in [-0.4, -0.2) is 54.5 Å². The van der Waals surface area contributed by atoms with Gasteiger partial charge in [0.25, 0.3) is 0 Å².